The molecule has 8 heteroatoms. The molecule has 6 rings (SSSR count). The Hall–Kier alpha value is -2.16. The fourth-order valence-corrected chi connectivity index (χ4v) is 6.53. The number of carbonyl (C=O) groups is 1. The van der Waals surface area contributed by atoms with Crippen LogP contribution in [0.3, 0.4) is 0 Å². The van der Waals surface area contributed by atoms with Gasteiger partial charge in [0.25, 0.3) is 5.91 Å². The summed E-state index contributed by atoms with van der Waals surface area (Å²) in [4.78, 5) is 19.6. The minimum Gasteiger partial charge on any atom is -0.352 e. The van der Waals surface area contributed by atoms with E-state index in [1.807, 2.05) is 6.07 Å². The standard InChI is InChI=1S/C23H28FN3O3S/c1-14-3-2-4-17(21(14)24)26-18-13-25-22(20-16-7-5-15(6-8-16)19(18)20)23(28)27-9-11-31(29,30)12-10-27/h2-4,13,15-16,26,29-30H,5-12H2,1H3. The van der Waals surface area contributed by atoms with Crippen LogP contribution in [-0.2, 0) is 0 Å². The van der Waals surface area contributed by atoms with Gasteiger partial charge >= 0.3 is 0 Å². The van der Waals surface area contributed by atoms with E-state index in [0.29, 0.717) is 41.9 Å². The van der Waals surface area contributed by atoms with Crippen molar-refractivity contribution in [2.45, 2.75) is 44.4 Å². The summed E-state index contributed by atoms with van der Waals surface area (Å²) in [7, 11) is -2.57. The predicted molar refractivity (Wildman–Crippen MR) is 121 cm³/mol. The Morgan fingerprint density at radius 2 is 1.74 bits per heavy atom. The second-order valence-corrected chi connectivity index (χ2v) is 11.4. The fraction of sp³-hybridized carbons (Fsp3) is 0.478. The molecule has 2 fully saturated rings. The average Bonchev–Trinajstić information content (AvgIpc) is 2.77. The van der Waals surface area contributed by atoms with Crippen molar-refractivity contribution in [2.24, 2.45) is 0 Å². The highest BCUT2D eigenvalue weighted by Gasteiger charge is 2.39. The van der Waals surface area contributed by atoms with Gasteiger partial charge in [-0.2, -0.15) is 10.6 Å². The first-order valence-corrected chi connectivity index (χ1v) is 12.8. The Kier molecular flexibility index (Phi) is 5.19. The zero-order chi connectivity index (χ0) is 21.8. The third-order valence-corrected chi connectivity index (χ3v) is 8.70. The molecular formula is C23H28FN3O3S. The van der Waals surface area contributed by atoms with Crippen LogP contribution in [-0.4, -0.2) is 49.5 Å². The van der Waals surface area contributed by atoms with Crippen molar-refractivity contribution in [3.63, 3.8) is 0 Å². The van der Waals surface area contributed by atoms with Gasteiger partial charge in [0.1, 0.15) is 11.5 Å². The molecule has 0 radical (unpaired) electrons. The first kappa shape index (κ1) is 20.7. The second kappa shape index (κ2) is 7.76. The average molecular weight is 446 g/mol. The highest BCUT2D eigenvalue weighted by Crippen LogP contribution is 2.53. The largest absolute Gasteiger partial charge is 0.352 e. The van der Waals surface area contributed by atoms with Crippen LogP contribution >= 0.6 is 10.6 Å². The van der Waals surface area contributed by atoms with Gasteiger partial charge in [0.2, 0.25) is 0 Å². The van der Waals surface area contributed by atoms with Gasteiger partial charge in [0.15, 0.2) is 0 Å². The molecule has 0 atom stereocenters. The number of rotatable bonds is 3. The smallest absolute Gasteiger partial charge is 0.272 e. The number of anilines is 2. The van der Waals surface area contributed by atoms with Gasteiger partial charge in [-0.1, -0.05) is 12.1 Å². The summed E-state index contributed by atoms with van der Waals surface area (Å²) in [5.41, 5.74) is 4.41. The summed E-state index contributed by atoms with van der Waals surface area (Å²) >= 11 is 0. The number of nitrogens with zero attached hydrogens (tertiary/aromatic N) is 2. The zero-order valence-corrected chi connectivity index (χ0v) is 18.4. The maximum absolute atomic E-state index is 14.6. The number of carbonyl (C=O) groups excluding carboxylic acids is 1. The maximum Gasteiger partial charge on any atom is 0.272 e. The molecule has 31 heavy (non-hydrogen) atoms. The van der Waals surface area contributed by atoms with Crippen LogP contribution in [0.25, 0.3) is 0 Å². The molecule has 0 unspecified atom stereocenters. The van der Waals surface area contributed by atoms with E-state index in [9.17, 15) is 18.3 Å². The normalized spacial score (nSPS) is 25.1. The summed E-state index contributed by atoms with van der Waals surface area (Å²) in [5, 5.41) is 3.26. The summed E-state index contributed by atoms with van der Waals surface area (Å²) in [5.74, 6) is 0.675. The van der Waals surface area contributed by atoms with E-state index in [0.717, 1.165) is 42.5 Å². The molecule has 1 aliphatic heterocycles. The van der Waals surface area contributed by atoms with Crippen LogP contribution in [0.1, 0.15) is 64.7 Å². The van der Waals surface area contributed by atoms with Crippen molar-refractivity contribution >= 4 is 27.9 Å². The molecule has 3 N–H and O–H groups in total. The third kappa shape index (κ3) is 3.70. The van der Waals surface area contributed by atoms with Crippen LogP contribution in [0, 0.1) is 12.7 Å². The van der Waals surface area contributed by atoms with Crippen LogP contribution < -0.4 is 5.32 Å². The lowest BCUT2D eigenvalue weighted by atomic mass is 9.66. The van der Waals surface area contributed by atoms with Crippen LogP contribution in [0.2, 0.25) is 0 Å². The van der Waals surface area contributed by atoms with Crippen molar-refractivity contribution in [1.29, 1.82) is 0 Å². The molecule has 2 heterocycles. The lowest BCUT2D eigenvalue weighted by molar-refractivity contribution is 0.0759. The number of halogens is 1. The lowest BCUT2D eigenvalue weighted by Gasteiger charge is -2.42. The summed E-state index contributed by atoms with van der Waals surface area (Å²) in [6.07, 6.45) is 5.91. The van der Waals surface area contributed by atoms with E-state index >= 15 is 0 Å². The van der Waals surface area contributed by atoms with Gasteiger partial charge in [-0.3, -0.25) is 13.9 Å². The van der Waals surface area contributed by atoms with E-state index in [2.05, 4.69) is 10.3 Å². The van der Waals surface area contributed by atoms with Crippen molar-refractivity contribution in [2.75, 3.05) is 29.9 Å². The first-order chi connectivity index (χ1) is 14.8. The molecule has 1 aromatic carbocycles. The van der Waals surface area contributed by atoms with Gasteiger partial charge in [-0.05, 0) is 67.2 Å². The molecule has 1 saturated heterocycles. The SMILES string of the molecule is Cc1cccc(Nc2cnc(C(=O)N3CCS(O)(O)CC3)c3c2C2CCC3CC2)c1F. The number of amides is 1. The Morgan fingerprint density at radius 3 is 2.42 bits per heavy atom. The highest BCUT2D eigenvalue weighted by molar-refractivity contribution is 8.24. The Bertz CT molecular complexity index is 1030. The molecular weight excluding hydrogens is 417 g/mol. The van der Waals surface area contributed by atoms with Crippen molar-refractivity contribution in [1.82, 2.24) is 9.88 Å². The quantitative estimate of drug-likeness (QED) is 0.602. The third-order valence-electron chi connectivity index (χ3n) is 7.03. The molecule has 166 valence electrons. The maximum atomic E-state index is 14.6. The zero-order valence-electron chi connectivity index (χ0n) is 17.6. The number of aryl methyl sites for hydroxylation is 1. The molecule has 1 aromatic heterocycles. The minimum atomic E-state index is -2.57. The number of benzene rings is 1. The molecule has 3 aliphatic carbocycles. The molecule has 6 nitrogen and oxygen atoms in total. The van der Waals surface area contributed by atoms with E-state index in [1.165, 1.54) is 0 Å². The highest BCUT2D eigenvalue weighted by atomic mass is 32.3. The van der Waals surface area contributed by atoms with Gasteiger partial charge in [-0.25, -0.2) is 9.37 Å². The number of hydrogen-bond acceptors (Lipinski definition) is 5. The number of aromatic nitrogens is 1. The van der Waals surface area contributed by atoms with Crippen molar-refractivity contribution < 1.29 is 18.3 Å². The molecule has 0 spiro atoms. The number of hydrogen-bond donors (Lipinski definition) is 3. The summed E-state index contributed by atoms with van der Waals surface area (Å²) in [6, 6.07) is 5.29. The van der Waals surface area contributed by atoms with Crippen LogP contribution in [0.5, 0.6) is 0 Å². The van der Waals surface area contributed by atoms with E-state index in [-0.39, 0.29) is 23.2 Å². The van der Waals surface area contributed by atoms with Gasteiger partial charge < -0.3 is 10.2 Å². The Balaban J connectivity index is 1.52. The van der Waals surface area contributed by atoms with E-state index < -0.39 is 10.6 Å². The number of pyridine rings is 1. The van der Waals surface area contributed by atoms with Gasteiger partial charge in [-0.15, -0.1) is 0 Å². The fourth-order valence-electron chi connectivity index (χ4n) is 5.30. The predicted octanol–water partition coefficient (Wildman–Crippen LogP) is 5.23. The van der Waals surface area contributed by atoms with E-state index in [4.69, 9.17) is 0 Å². The van der Waals surface area contributed by atoms with Crippen LogP contribution in [0.15, 0.2) is 24.4 Å². The summed E-state index contributed by atoms with van der Waals surface area (Å²) < 4.78 is 34.4. The number of nitrogens with one attached hydrogen (secondary N) is 1. The van der Waals surface area contributed by atoms with Gasteiger partial charge in [0.05, 0.1) is 29.1 Å². The monoisotopic (exact) mass is 445 g/mol. The van der Waals surface area contributed by atoms with Gasteiger partial charge in [0, 0.05) is 13.1 Å². The molecule has 1 saturated carbocycles. The number of fused-ring (bicyclic) bond motifs is 2. The summed E-state index contributed by atoms with van der Waals surface area (Å²) in [6.45, 7) is 2.41. The van der Waals surface area contributed by atoms with Crippen LogP contribution in [0.4, 0.5) is 15.8 Å². The lowest BCUT2D eigenvalue weighted by Crippen LogP contribution is -2.43. The Morgan fingerprint density at radius 1 is 1.10 bits per heavy atom. The second-order valence-electron chi connectivity index (χ2n) is 8.96. The molecule has 2 aromatic rings. The molecule has 1 amide bonds. The van der Waals surface area contributed by atoms with Crippen molar-refractivity contribution in [3.8, 4) is 0 Å². The van der Waals surface area contributed by atoms with Crippen molar-refractivity contribution in [3.05, 3.63) is 52.6 Å². The van der Waals surface area contributed by atoms with E-state index in [1.54, 1.807) is 30.2 Å². The molecule has 2 bridgehead atoms. The Labute approximate surface area is 183 Å². The minimum absolute atomic E-state index is 0.132. The first-order valence-electron chi connectivity index (χ1n) is 10.9. The topological polar surface area (TPSA) is 85.7 Å². The molecule has 4 aliphatic rings.